The van der Waals surface area contributed by atoms with Gasteiger partial charge in [0.2, 0.25) is 0 Å². The number of hydrogen-bond acceptors (Lipinski definition) is 12. The molecule has 18 aromatic rings. The summed E-state index contributed by atoms with van der Waals surface area (Å²) in [6.45, 7) is 0. The van der Waals surface area contributed by atoms with Crippen molar-refractivity contribution in [2.75, 3.05) is 0 Å². The average Bonchev–Trinajstić information content (AvgIpc) is 0.869. The van der Waals surface area contributed by atoms with Crippen LogP contribution in [-0.4, -0.2) is 59.8 Å². The van der Waals surface area contributed by atoms with Gasteiger partial charge in [0.05, 0.1) is 39.9 Å². The first kappa shape index (κ1) is 67.6. The lowest BCUT2D eigenvalue weighted by atomic mass is 9.98. The molecule has 0 radical (unpaired) electrons. The van der Waals surface area contributed by atoms with Crippen molar-refractivity contribution >= 4 is 0 Å². The Morgan fingerprint density at radius 3 is 0.611 bits per heavy atom. The standard InChI is InChI=1S/3C32H22N4/c1-5-23(17-25(7-1)29-9-3-13-33-21-29)27-11-15-35-31(19-27)32-20-28(12-16-36-32)24-6-2-8-26(18-24)30-10-4-14-34-22-30;1-3-26(19-27(4-1)30-5-2-14-34-22-30)29-13-18-36-32(21-29)31-20-28(12-17-35-31)24-8-6-23(7-9-24)25-10-15-33-16-11-25;1-2-15-34-30(11-1)28-9-4-7-24(19-28)27-13-17-36-32(21-27)31-20-26(12-16-35-31)23-6-3-8-25(18-23)29-10-5-14-33-22-29/h3*1-22H. The summed E-state index contributed by atoms with van der Waals surface area (Å²) < 4.78 is 0. The van der Waals surface area contributed by atoms with Gasteiger partial charge in [-0.3, -0.25) is 59.8 Å². The molecule has 0 saturated carbocycles. The van der Waals surface area contributed by atoms with E-state index >= 15 is 0 Å². The fraction of sp³-hybridized carbons (Fsp3) is 0. The first-order valence-corrected chi connectivity index (χ1v) is 35.3. The zero-order valence-electron chi connectivity index (χ0n) is 58.5. The van der Waals surface area contributed by atoms with E-state index in [0.717, 1.165) is 162 Å². The first-order valence-electron chi connectivity index (χ1n) is 35.3. The maximum absolute atomic E-state index is 4.63. The van der Waals surface area contributed by atoms with E-state index in [1.807, 2.05) is 172 Å². The lowest BCUT2D eigenvalue weighted by molar-refractivity contribution is 1.25. The number of rotatable bonds is 15. The number of benzene rings is 6. The van der Waals surface area contributed by atoms with Crippen molar-refractivity contribution in [3.63, 3.8) is 0 Å². The molecule has 12 nitrogen and oxygen atoms in total. The molecule has 6 aromatic carbocycles. The maximum Gasteiger partial charge on any atom is 0.0892 e. The van der Waals surface area contributed by atoms with Crippen LogP contribution in [0.5, 0.6) is 0 Å². The van der Waals surface area contributed by atoms with Crippen LogP contribution in [0.2, 0.25) is 0 Å². The van der Waals surface area contributed by atoms with Crippen molar-refractivity contribution < 1.29 is 0 Å². The normalized spacial score (nSPS) is 10.8. The summed E-state index contributed by atoms with van der Waals surface area (Å²) in [7, 11) is 0. The minimum absolute atomic E-state index is 0.834. The van der Waals surface area contributed by atoms with Crippen molar-refractivity contribution in [3.05, 3.63) is 403 Å². The molecular weight excluding hydrogens is 1320 g/mol. The zero-order chi connectivity index (χ0) is 72.5. The van der Waals surface area contributed by atoms with Crippen LogP contribution in [0.4, 0.5) is 0 Å². The Morgan fingerprint density at radius 2 is 0.333 bits per heavy atom. The highest BCUT2D eigenvalue weighted by molar-refractivity contribution is 5.82. The van der Waals surface area contributed by atoms with Crippen molar-refractivity contribution in [2.45, 2.75) is 0 Å². The van der Waals surface area contributed by atoms with E-state index in [1.165, 1.54) is 5.56 Å². The van der Waals surface area contributed by atoms with Gasteiger partial charge in [0, 0.05) is 133 Å². The van der Waals surface area contributed by atoms with Gasteiger partial charge in [-0.2, -0.15) is 0 Å². The summed E-state index contributed by atoms with van der Waals surface area (Å²) in [5, 5.41) is 0. The Labute approximate surface area is 626 Å². The van der Waals surface area contributed by atoms with Gasteiger partial charge < -0.3 is 0 Å². The van der Waals surface area contributed by atoms with Crippen LogP contribution in [0.1, 0.15) is 0 Å². The van der Waals surface area contributed by atoms with E-state index < -0.39 is 0 Å². The molecule has 0 aliphatic carbocycles. The topological polar surface area (TPSA) is 155 Å². The molecule has 0 N–H and O–H groups in total. The van der Waals surface area contributed by atoms with E-state index in [1.54, 1.807) is 24.8 Å². The number of pyridine rings is 12. The molecule has 0 fully saturated rings. The van der Waals surface area contributed by atoms with Crippen LogP contribution >= 0.6 is 0 Å². The van der Waals surface area contributed by atoms with Crippen LogP contribution < -0.4 is 0 Å². The molecule has 0 aliphatic rings. The van der Waals surface area contributed by atoms with Crippen LogP contribution in [-0.2, 0) is 0 Å². The van der Waals surface area contributed by atoms with E-state index in [0.29, 0.717) is 0 Å². The molecular formula is C96H66N12. The third-order valence-electron chi connectivity index (χ3n) is 18.5. The quantitative estimate of drug-likeness (QED) is 0.0959. The molecule has 12 heterocycles. The molecule has 0 saturated heterocycles. The Kier molecular flexibility index (Phi) is 20.4. The van der Waals surface area contributed by atoms with Crippen molar-refractivity contribution in [3.8, 4) is 168 Å². The van der Waals surface area contributed by atoms with Crippen LogP contribution in [0.3, 0.4) is 0 Å². The molecule has 0 unspecified atom stereocenters. The fourth-order valence-corrected chi connectivity index (χ4v) is 12.9. The molecule has 0 bridgehead atoms. The van der Waals surface area contributed by atoms with Gasteiger partial charge in [-0.15, -0.1) is 0 Å². The van der Waals surface area contributed by atoms with E-state index in [-0.39, 0.29) is 0 Å². The molecule has 0 atom stereocenters. The largest absolute Gasteiger partial charge is 0.265 e. The van der Waals surface area contributed by atoms with Gasteiger partial charge >= 0.3 is 0 Å². The third-order valence-corrected chi connectivity index (χ3v) is 18.5. The van der Waals surface area contributed by atoms with Crippen LogP contribution in [0.25, 0.3) is 168 Å². The molecule has 12 heteroatoms. The smallest absolute Gasteiger partial charge is 0.0892 e. The SMILES string of the molecule is c1ccc(-c2cccc(-c3ccnc(-c4cc(-c5cccc(-c6cccnc6)c5)ccn4)c3)c2)nc1.c1cncc(-c2cccc(-c3ccnc(-c4cc(-c5ccc(-c6ccncc6)cc5)ccn4)c3)c2)c1.c1cncc(-c2cccc(-c3ccnc(-c4cc(-c5cccc(-c6cccnc6)c5)ccn4)c3)c2)c1. The van der Waals surface area contributed by atoms with Gasteiger partial charge in [-0.05, 0) is 252 Å². The predicted molar refractivity (Wildman–Crippen MR) is 434 cm³/mol. The Morgan fingerprint density at radius 1 is 0.111 bits per heavy atom. The predicted octanol–water partition coefficient (Wildman–Crippen LogP) is 22.8. The van der Waals surface area contributed by atoms with Crippen LogP contribution in [0.15, 0.2) is 403 Å². The third kappa shape index (κ3) is 16.3. The second kappa shape index (κ2) is 32.6. The minimum atomic E-state index is 0.834. The fourth-order valence-electron chi connectivity index (χ4n) is 12.9. The second-order valence-electron chi connectivity index (χ2n) is 25.5. The summed E-state index contributed by atoms with van der Waals surface area (Å²) >= 11 is 0. The van der Waals surface area contributed by atoms with Gasteiger partial charge in [0.15, 0.2) is 0 Å². The Balaban J connectivity index is 0.000000124. The van der Waals surface area contributed by atoms with Gasteiger partial charge in [-0.25, -0.2) is 0 Å². The molecule has 0 spiro atoms. The summed E-state index contributed by atoms with van der Waals surface area (Å²) in [5.74, 6) is 0. The van der Waals surface area contributed by atoms with Gasteiger partial charge in [0.1, 0.15) is 0 Å². The van der Waals surface area contributed by atoms with Crippen molar-refractivity contribution in [2.24, 2.45) is 0 Å². The Bertz CT molecular complexity index is 5560. The number of aromatic nitrogens is 12. The summed E-state index contributed by atoms with van der Waals surface area (Å²) in [5.41, 5.74) is 31.6. The molecule has 0 amide bonds. The lowest BCUT2D eigenvalue weighted by Gasteiger charge is -2.09. The molecule has 108 heavy (non-hydrogen) atoms. The van der Waals surface area contributed by atoms with Crippen molar-refractivity contribution in [1.29, 1.82) is 0 Å². The monoisotopic (exact) mass is 1390 g/mol. The summed E-state index contributed by atoms with van der Waals surface area (Å²) in [4.78, 5) is 53.4. The summed E-state index contributed by atoms with van der Waals surface area (Å²) in [6.07, 6.45) is 31.2. The molecule has 18 rings (SSSR count). The highest BCUT2D eigenvalue weighted by Crippen LogP contribution is 2.36. The second-order valence-corrected chi connectivity index (χ2v) is 25.5. The zero-order valence-corrected chi connectivity index (χ0v) is 58.5. The molecule has 0 aliphatic heterocycles. The highest BCUT2D eigenvalue weighted by Gasteiger charge is 2.14. The van der Waals surface area contributed by atoms with Crippen molar-refractivity contribution in [1.82, 2.24) is 59.8 Å². The first-order chi connectivity index (χ1) is 53.5. The van der Waals surface area contributed by atoms with E-state index in [4.69, 9.17) is 0 Å². The molecule has 12 aromatic heterocycles. The number of nitrogens with zero attached hydrogens (tertiary/aromatic N) is 12. The van der Waals surface area contributed by atoms with Gasteiger partial charge in [0.25, 0.3) is 0 Å². The molecule has 510 valence electrons. The van der Waals surface area contributed by atoms with E-state index in [9.17, 15) is 0 Å². The average molecular weight is 1390 g/mol. The minimum Gasteiger partial charge on any atom is -0.265 e. The Hall–Kier alpha value is -14.9. The van der Waals surface area contributed by atoms with Gasteiger partial charge in [-0.1, -0.05) is 146 Å². The number of hydrogen-bond donors (Lipinski definition) is 0. The van der Waals surface area contributed by atoms with Crippen LogP contribution in [0, 0.1) is 0 Å². The summed E-state index contributed by atoms with van der Waals surface area (Å²) in [6, 6.07) is 102. The maximum atomic E-state index is 4.63. The lowest BCUT2D eigenvalue weighted by Crippen LogP contribution is -1.90. The highest BCUT2D eigenvalue weighted by atomic mass is 14.8. The van der Waals surface area contributed by atoms with E-state index in [2.05, 4.69) is 266 Å².